The van der Waals surface area contributed by atoms with Crippen LogP contribution in [0.5, 0.6) is 5.75 Å². The summed E-state index contributed by atoms with van der Waals surface area (Å²) in [6.45, 7) is 3.16. The second-order valence-corrected chi connectivity index (χ2v) is 8.44. The van der Waals surface area contributed by atoms with E-state index in [2.05, 4.69) is 28.1 Å². The maximum Gasteiger partial charge on any atom is 0.404 e. The van der Waals surface area contributed by atoms with Crippen molar-refractivity contribution in [2.24, 2.45) is 5.92 Å². The van der Waals surface area contributed by atoms with Gasteiger partial charge in [0, 0.05) is 30.4 Å². The fourth-order valence-corrected chi connectivity index (χ4v) is 4.16. The standard InChI is InChI=1S/C25H33N3O4/c1-17(29)14-26-23-10-5-19(6-11-23)20-7-12-24(32-2)21(13-20)16-27-22-8-3-18(4-9-22)15-28-25(30)31/h5-7,10-13,18,22,26-28H,3-4,8-9,14-16H2,1-2H3,(H,30,31). The number of anilines is 1. The summed E-state index contributed by atoms with van der Waals surface area (Å²) in [5.74, 6) is 1.39. The van der Waals surface area contributed by atoms with Crippen LogP contribution in [0.3, 0.4) is 0 Å². The largest absolute Gasteiger partial charge is 0.496 e. The predicted octanol–water partition coefficient (Wildman–Crippen LogP) is 4.28. The molecule has 0 aliphatic heterocycles. The minimum atomic E-state index is -0.945. The van der Waals surface area contributed by atoms with Crippen LogP contribution < -0.4 is 20.7 Å². The molecule has 7 heteroatoms. The highest BCUT2D eigenvalue weighted by Gasteiger charge is 2.21. The molecule has 1 aliphatic rings. The van der Waals surface area contributed by atoms with Crippen LogP contribution in [0.1, 0.15) is 38.2 Å². The number of hydrogen-bond acceptors (Lipinski definition) is 5. The maximum absolute atomic E-state index is 11.1. The zero-order valence-electron chi connectivity index (χ0n) is 18.8. The summed E-state index contributed by atoms with van der Waals surface area (Å²) in [5.41, 5.74) is 4.25. The van der Waals surface area contributed by atoms with Gasteiger partial charge in [-0.25, -0.2) is 4.79 Å². The molecule has 0 saturated heterocycles. The third-order valence-electron chi connectivity index (χ3n) is 6.01. The van der Waals surface area contributed by atoms with Gasteiger partial charge in [-0.1, -0.05) is 18.2 Å². The summed E-state index contributed by atoms with van der Waals surface area (Å²) in [5, 5.41) is 18.0. The number of hydrogen-bond donors (Lipinski definition) is 4. The van der Waals surface area contributed by atoms with Gasteiger partial charge in [0.2, 0.25) is 0 Å². The summed E-state index contributed by atoms with van der Waals surface area (Å²) < 4.78 is 5.58. The number of amides is 1. The van der Waals surface area contributed by atoms with Gasteiger partial charge in [-0.15, -0.1) is 0 Å². The van der Waals surface area contributed by atoms with Gasteiger partial charge < -0.3 is 25.8 Å². The molecule has 0 bridgehead atoms. The fraction of sp³-hybridized carbons (Fsp3) is 0.440. The Hall–Kier alpha value is -3.06. The van der Waals surface area contributed by atoms with Gasteiger partial charge in [0.1, 0.15) is 11.5 Å². The van der Waals surface area contributed by atoms with Crippen molar-refractivity contribution in [1.29, 1.82) is 0 Å². The van der Waals surface area contributed by atoms with E-state index in [1.807, 2.05) is 30.3 Å². The lowest BCUT2D eigenvalue weighted by Crippen LogP contribution is -2.36. The molecule has 0 heterocycles. The normalized spacial score (nSPS) is 18.1. The van der Waals surface area contributed by atoms with Gasteiger partial charge in [-0.3, -0.25) is 4.79 Å². The van der Waals surface area contributed by atoms with Gasteiger partial charge in [0.15, 0.2) is 0 Å². The SMILES string of the molecule is COc1ccc(-c2ccc(NCC(C)=O)cc2)cc1CNC1CCC(CNC(=O)O)CC1. The number of ether oxygens (including phenoxy) is 1. The summed E-state index contributed by atoms with van der Waals surface area (Å²) >= 11 is 0. The zero-order valence-corrected chi connectivity index (χ0v) is 18.8. The highest BCUT2D eigenvalue weighted by molar-refractivity contribution is 5.80. The number of ketones is 1. The van der Waals surface area contributed by atoms with Crippen molar-refractivity contribution in [2.45, 2.75) is 45.2 Å². The van der Waals surface area contributed by atoms with Crippen LogP contribution in [-0.2, 0) is 11.3 Å². The number of carbonyl (C=O) groups is 2. The van der Waals surface area contributed by atoms with Crippen molar-refractivity contribution < 1.29 is 19.4 Å². The molecular formula is C25H33N3O4. The smallest absolute Gasteiger partial charge is 0.404 e. The molecule has 4 N–H and O–H groups in total. The Morgan fingerprint density at radius 3 is 2.34 bits per heavy atom. The monoisotopic (exact) mass is 439 g/mol. The first-order chi connectivity index (χ1) is 15.4. The van der Waals surface area contributed by atoms with Crippen molar-refractivity contribution in [3.05, 3.63) is 48.0 Å². The molecular weight excluding hydrogens is 406 g/mol. The minimum Gasteiger partial charge on any atom is -0.496 e. The first-order valence-electron chi connectivity index (χ1n) is 11.2. The molecule has 1 amide bonds. The molecule has 0 radical (unpaired) electrons. The predicted molar refractivity (Wildman–Crippen MR) is 126 cm³/mol. The van der Waals surface area contributed by atoms with Crippen LogP contribution in [0.2, 0.25) is 0 Å². The van der Waals surface area contributed by atoms with Gasteiger partial charge in [0.25, 0.3) is 0 Å². The van der Waals surface area contributed by atoms with Crippen molar-refractivity contribution in [1.82, 2.24) is 10.6 Å². The van der Waals surface area contributed by atoms with E-state index in [9.17, 15) is 9.59 Å². The van der Waals surface area contributed by atoms with E-state index >= 15 is 0 Å². The van der Waals surface area contributed by atoms with E-state index in [1.165, 1.54) is 0 Å². The van der Waals surface area contributed by atoms with Crippen LogP contribution in [0.4, 0.5) is 10.5 Å². The van der Waals surface area contributed by atoms with E-state index in [0.29, 0.717) is 25.0 Å². The molecule has 7 nitrogen and oxygen atoms in total. The van der Waals surface area contributed by atoms with E-state index < -0.39 is 6.09 Å². The Bertz CT molecular complexity index is 906. The molecule has 0 atom stereocenters. The average molecular weight is 440 g/mol. The lowest BCUT2D eigenvalue weighted by atomic mass is 9.86. The molecule has 172 valence electrons. The maximum atomic E-state index is 11.1. The molecule has 1 fully saturated rings. The van der Waals surface area contributed by atoms with Crippen molar-refractivity contribution >= 4 is 17.6 Å². The molecule has 2 aromatic carbocycles. The third kappa shape index (κ3) is 6.99. The van der Waals surface area contributed by atoms with Gasteiger partial charge in [-0.2, -0.15) is 0 Å². The molecule has 0 aromatic heterocycles. The second kappa shape index (κ2) is 11.5. The van der Waals surface area contributed by atoms with E-state index in [4.69, 9.17) is 9.84 Å². The molecule has 3 rings (SSSR count). The number of methoxy groups -OCH3 is 1. The quantitative estimate of drug-likeness (QED) is 0.441. The number of benzene rings is 2. The summed E-state index contributed by atoms with van der Waals surface area (Å²) in [6.07, 6.45) is 3.20. The Morgan fingerprint density at radius 1 is 1.03 bits per heavy atom. The molecule has 1 aliphatic carbocycles. The van der Waals surface area contributed by atoms with Crippen molar-refractivity contribution in [3.63, 3.8) is 0 Å². The molecule has 0 spiro atoms. The van der Waals surface area contributed by atoms with Crippen LogP contribution in [0.25, 0.3) is 11.1 Å². The molecule has 0 unspecified atom stereocenters. The summed E-state index contributed by atoms with van der Waals surface area (Å²) in [7, 11) is 1.69. The number of carbonyl (C=O) groups excluding carboxylic acids is 1. The Labute approximate surface area is 189 Å². The minimum absolute atomic E-state index is 0.104. The van der Waals surface area contributed by atoms with E-state index in [1.54, 1.807) is 14.0 Å². The summed E-state index contributed by atoms with van der Waals surface area (Å²) in [4.78, 5) is 21.8. The van der Waals surface area contributed by atoms with Gasteiger partial charge in [-0.05, 0) is 73.9 Å². The van der Waals surface area contributed by atoms with E-state index in [-0.39, 0.29) is 5.78 Å². The van der Waals surface area contributed by atoms with E-state index in [0.717, 1.165) is 60.4 Å². The number of nitrogens with one attached hydrogen (secondary N) is 3. The number of rotatable bonds is 10. The van der Waals surface area contributed by atoms with Crippen LogP contribution in [-0.4, -0.2) is 43.2 Å². The highest BCUT2D eigenvalue weighted by atomic mass is 16.5. The average Bonchev–Trinajstić information content (AvgIpc) is 2.81. The fourth-order valence-electron chi connectivity index (χ4n) is 4.16. The van der Waals surface area contributed by atoms with Gasteiger partial charge >= 0.3 is 6.09 Å². The Morgan fingerprint density at radius 2 is 1.72 bits per heavy atom. The first-order valence-corrected chi connectivity index (χ1v) is 11.2. The van der Waals surface area contributed by atoms with Crippen molar-refractivity contribution in [2.75, 3.05) is 25.5 Å². The summed E-state index contributed by atoms with van der Waals surface area (Å²) in [6, 6.07) is 14.7. The second-order valence-electron chi connectivity index (χ2n) is 8.44. The third-order valence-corrected chi connectivity index (χ3v) is 6.01. The topological polar surface area (TPSA) is 99.7 Å². The lowest BCUT2D eigenvalue weighted by molar-refractivity contribution is -0.115. The van der Waals surface area contributed by atoms with Crippen LogP contribution in [0.15, 0.2) is 42.5 Å². The van der Waals surface area contributed by atoms with Crippen molar-refractivity contribution in [3.8, 4) is 16.9 Å². The lowest BCUT2D eigenvalue weighted by Gasteiger charge is -2.29. The van der Waals surface area contributed by atoms with Gasteiger partial charge in [0.05, 0.1) is 13.7 Å². The Balaban J connectivity index is 1.58. The molecule has 2 aromatic rings. The number of carboxylic acid groups (broad SMARTS) is 1. The first kappa shape index (κ1) is 23.6. The molecule has 1 saturated carbocycles. The number of Topliss-reactive ketones (excluding diaryl/α,β-unsaturated/α-hetero) is 1. The molecule has 32 heavy (non-hydrogen) atoms. The Kier molecular flexibility index (Phi) is 8.50. The van der Waals surface area contributed by atoms with Crippen LogP contribution >= 0.6 is 0 Å². The highest BCUT2D eigenvalue weighted by Crippen LogP contribution is 2.29. The zero-order chi connectivity index (χ0) is 22.9. The van der Waals surface area contributed by atoms with Crippen LogP contribution in [0, 0.1) is 5.92 Å².